The molecule has 24 heavy (non-hydrogen) atoms. The average molecular weight is 354 g/mol. The summed E-state index contributed by atoms with van der Waals surface area (Å²) in [6, 6.07) is 3.49. The lowest BCUT2D eigenvalue weighted by atomic mass is 10.1. The molecule has 1 aromatic carbocycles. The lowest BCUT2D eigenvalue weighted by Gasteiger charge is -2.22. The van der Waals surface area contributed by atoms with Crippen LogP contribution in [-0.2, 0) is 32.3 Å². The number of esters is 1. The first kappa shape index (κ1) is 17.0. The van der Waals surface area contributed by atoms with Gasteiger partial charge in [-0.2, -0.15) is 0 Å². The lowest BCUT2D eigenvalue weighted by molar-refractivity contribution is -0.150. The van der Waals surface area contributed by atoms with Crippen molar-refractivity contribution >= 4 is 23.5 Å². The van der Waals surface area contributed by atoms with Crippen LogP contribution in [0.1, 0.15) is 36.8 Å². The van der Waals surface area contributed by atoms with Crippen molar-refractivity contribution in [2.24, 2.45) is 0 Å². The summed E-state index contributed by atoms with van der Waals surface area (Å²) in [5.41, 5.74) is 1.54. The first-order valence-corrected chi connectivity index (χ1v) is 8.46. The second kappa shape index (κ2) is 7.85. The van der Waals surface area contributed by atoms with Crippen molar-refractivity contribution in [1.82, 2.24) is 4.90 Å². The summed E-state index contributed by atoms with van der Waals surface area (Å²) in [5.74, 6) is 0.250. The van der Waals surface area contributed by atoms with Crippen molar-refractivity contribution in [1.29, 1.82) is 0 Å². The molecule has 1 saturated heterocycles. The van der Waals surface area contributed by atoms with Crippen LogP contribution in [0.3, 0.4) is 0 Å². The molecule has 0 saturated carbocycles. The van der Waals surface area contributed by atoms with Crippen LogP contribution < -0.4 is 4.74 Å². The molecule has 7 heteroatoms. The normalized spacial score (nSPS) is 17.7. The summed E-state index contributed by atoms with van der Waals surface area (Å²) in [7, 11) is 0. The largest absolute Gasteiger partial charge is 0.467 e. The van der Waals surface area contributed by atoms with E-state index >= 15 is 0 Å². The van der Waals surface area contributed by atoms with Crippen molar-refractivity contribution in [3.8, 4) is 5.75 Å². The zero-order valence-corrected chi connectivity index (χ0v) is 14.1. The van der Waals surface area contributed by atoms with E-state index in [9.17, 15) is 9.59 Å². The molecular weight excluding hydrogens is 334 g/mol. The maximum Gasteiger partial charge on any atom is 0.325 e. The Morgan fingerprint density at radius 3 is 3.04 bits per heavy atom. The molecule has 0 radical (unpaired) electrons. The van der Waals surface area contributed by atoms with Crippen molar-refractivity contribution in [3.63, 3.8) is 0 Å². The molecule has 0 spiro atoms. The van der Waals surface area contributed by atoms with E-state index in [-0.39, 0.29) is 25.9 Å². The fourth-order valence-electron chi connectivity index (χ4n) is 2.93. The third-order valence-electron chi connectivity index (χ3n) is 4.13. The molecule has 130 valence electrons. The molecule has 2 aliphatic heterocycles. The highest BCUT2D eigenvalue weighted by Gasteiger charge is 2.21. The summed E-state index contributed by atoms with van der Waals surface area (Å²) in [6.07, 6.45) is 3.33. The summed E-state index contributed by atoms with van der Waals surface area (Å²) >= 11 is 6.09. The Morgan fingerprint density at radius 2 is 2.17 bits per heavy atom. The predicted molar refractivity (Wildman–Crippen MR) is 86.6 cm³/mol. The predicted octanol–water partition coefficient (Wildman–Crippen LogP) is 2.65. The molecular formula is C17H20ClNO5. The number of halogens is 1. The molecule has 2 aliphatic rings. The van der Waals surface area contributed by atoms with Gasteiger partial charge in [0, 0.05) is 29.1 Å². The van der Waals surface area contributed by atoms with Crippen LogP contribution in [0.4, 0.5) is 0 Å². The van der Waals surface area contributed by atoms with Gasteiger partial charge in [-0.05, 0) is 25.0 Å². The van der Waals surface area contributed by atoms with Gasteiger partial charge in [0.1, 0.15) is 18.9 Å². The maximum atomic E-state index is 12.1. The number of rotatable bonds is 4. The van der Waals surface area contributed by atoms with Gasteiger partial charge in [-0.3, -0.25) is 9.59 Å². The highest BCUT2D eigenvalue weighted by Crippen LogP contribution is 2.32. The summed E-state index contributed by atoms with van der Waals surface area (Å²) in [4.78, 5) is 25.6. The van der Waals surface area contributed by atoms with Gasteiger partial charge in [0.25, 0.3) is 0 Å². The van der Waals surface area contributed by atoms with Crippen LogP contribution in [0.25, 0.3) is 0 Å². The van der Waals surface area contributed by atoms with Crippen LogP contribution in [0.2, 0.25) is 5.02 Å². The number of ether oxygens (including phenoxy) is 3. The number of amides is 1. The monoisotopic (exact) mass is 353 g/mol. The molecule has 0 aliphatic carbocycles. The number of benzene rings is 1. The summed E-state index contributed by atoms with van der Waals surface area (Å²) in [5, 5.41) is 0.539. The van der Waals surface area contributed by atoms with Crippen molar-refractivity contribution in [2.75, 3.05) is 19.9 Å². The zero-order chi connectivity index (χ0) is 16.9. The molecule has 0 unspecified atom stereocenters. The van der Waals surface area contributed by atoms with E-state index in [0.29, 0.717) is 35.9 Å². The van der Waals surface area contributed by atoms with E-state index < -0.39 is 5.97 Å². The Morgan fingerprint density at radius 1 is 1.29 bits per heavy atom. The molecule has 1 aromatic rings. The Kier molecular flexibility index (Phi) is 5.58. The molecule has 6 nitrogen and oxygen atoms in total. The number of nitrogens with zero attached hydrogens (tertiary/aromatic N) is 1. The first-order valence-electron chi connectivity index (χ1n) is 8.09. The highest BCUT2D eigenvalue weighted by atomic mass is 35.5. The minimum atomic E-state index is -0.425. The standard InChI is InChI=1S/C17H20ClNO5/c18-14-6-12-9-22-11-24-17(12)13(7-14)10-23-16(21)8-19-5-3-1-2-4-15(19)20/h6-7H,1-5,8-11H2. The van der Waals surface area contributed by atoms with Gasteiger partial charge in [-0.15, -0.1) is 0 Å². The SMILES string of the molecule is O=C(CN1CCCCCC1=O)OCc1cc(Cl)cc2c1OCOC2. The van der Waals surface area contributed by atoms with E-state index in [2.05, 4.69) is 0 Å². The molecule has 0 aromatic heterocycles. The molecule has 1 amide bonds. The highest BCUT2D eigenvalue weighted by molar-refractivity contribution is 6.30. The van der Waals surface area contributed by atoms with Gasteiger partial charge in [0.15, 0.2) is 6.79 Å². The van der Waals surface area contributed by atoms with Crippen molar-refractivity contribution in [2.45, 2.75) is 38.9 Å². The molecule has 0 atom stereocenters. The van der Waals surface area contributed by atoms with Gasteiger partial charge >= 0.3 is 5.97 Å². The number of carbonyl (C=O) groups excluding carboxylic acids is 2. The van der Waals surface area contributed by atoms with Crippen LogP contribution in [0.15, 0.2) is 12.1 Å². The van der Waals surface area contributed by atoms with E-state index in [1.54, 1.807) is 17.0 Å². The molecule has 0 bridgehead atoms. The maximum absolute atomic E-state index is 12.1. The number of fused-ring (bicyclic) bond motifs is 1. The molecule has 3 rings (SSSR count). The Bertz CT molecular complexity index is 634. The van der Waals surface area contributed by atoms with Crippen LogP contribution >= 0.6 is 11.6 Å². The Balaban J connectivity index is 1.60. The van der Waals surface area contributed by atoms with Gasteiger partial charge < -0.3 is 19.1 Å². The number of hydrogen-bond acceptors (Lipinski definition) is 5. The van der Waals surface area contributed by atoms with Gasteiger partial charge in [0.05, 0.1) is 6.61 Å². The third kappa shape index (κ3) is 4.19. The number of carbonyl (C=O) groups is 2. The Labute approximate surface area is 145 Å². The lowest BCUT2D eigenvalue weighted by Crippen LogP contribution is -2.35. The minimum absolute atomic E-state index is 0.00838. The van der Waals surface area contributed by atoms with E-state index in [0.717, 1.165) is 24.8 Å². The number of hydrogen-bond donors (Lipinski definition) is 0. The first-order chi connectivity index (χ1) is 11.6. The topological polar surface area (TPSA) is 65.1 Å². The summed E-state index contributed by atoms with van der Waals surface area (Å²) < 4.78 is 16.0. The van der Waals surface area contributed by atoms with Crippen molar-refractivity contribution in [3.05, 3.63) is 28.3 Å². The second-order valence-corrected chi connectivity index (χ2v) is 6.39. The molecule has 2 heterocycles. The van der Waals surface area contributed by atoms with Gasteiger partial charge in [0.2, 0.25) is 5.91 Å². The van der Waals surface area contributed by atoms with Crippen molar-refractivity contribution < 1.29 is 23.8 Å². The molecule has 0 N–H and O–H groups in total. The number of likely N-dealkylation sites (tertiary alicyclic amines) is 1. The van der Waals surface area contributed by atoms with Gasteiger partial charge in [-0.1, -0.05) is 18.0 Å². The zero-order valence-electron chi connectivity index (χ0n) is 13.4. The van der Waals surface area contributed by atoms with E-state index in [1.807, 2.05) is 0 Å². The second-order valence-electron chi connectivity index (χ2n) is 5.95. The van der Waals surface area contributed by atoms with Crippen LogP contribution in [-0.4, -0.2) is 36.7 Å². The molecule has 1 fully saturated rings. The fourth-order valence-corrected chi connectivity index (χ4v) is 3.19. The van der Waals surface area contributed by atoms with E-state index in [1.165, 1.54) is 0 Å². The quantitative estimate of drug-likeness (QED) is 0.778. The third-order valence-corrected chi connectivity index (χ3v) is 4.35. The smallest absolute Gasteiger partial charge is 0.325 e. The van der Waals surface area contributed by atoms with Gasteiger partial charge in [-0.25, -0.2) is 0 Å². The average Bonchev–Trinajstić information content (AvgIpc) is 2.77. The fraction of sp³-hybridized carbons (Fsp3) is 0.529. The minimum Gasteiger partial charge on any atom is -0.467 e. The summed E-state index contributed by atoms with van der Waals surface area (Å²) in [6.45, 7) is 1.24. The Hall–Kier alpha value is -1.79. The van der Waals surface area contributed by atoms with Crippen LogP contribution in [0.5, 0.6) is 5.75 Å². The van der Waals surface area contributed by atoms with Crippen LogP contribution in [0, 0.1) is 0 Å². The van der Waals surface area contributed by atoms with E-state index in [4.69, 9.17) is 25.8 Å².